The quantitative estimate of drug-likeness (QED) is 0.784. The van der Waals surface area contributed by atoms with Crippen LogP contribution in [0.1, 0.15) is 25.8 Å². The number of aryl methyl sites for hydroxylation is 1. The maximum atomic E-state index is 12.4. The summed E-state index contributed by atoms with van der Waals surface area (Å²) < 4.78 is 0. The van der Waals surface area contributed by atoms with Crippen molar-refractivity contribution in [2.75, 3.05) is 11.9 Å². The highest BCUT2D eigenvalue weighted by Gasteiger charge is 2.44. The van der Waals surface area contributed by atoms with Crippen molar-refractivity contribution in [3.63, 3.8) is 0 Å². The van der Waals surface area contributed by atoms with Gasteiger partial charge >= 0.3 is 6.03 Å². The Labute approximate surface area is 113 Å². The monoisotopic (exact) mass is 261 g/mol. The maximum Gasteiger partial charge on any atom is 0.333 e. The number of urea groups is 1. The van der Waals surface area contributed by atoms with E-state index < -0.39 is 0 Å². The molecule has 5 nitrogen and oxygen atoms in total. The van der Waals surface area contributed by atoms with Crippen LogP contribution in [0.2, 0.25) is 0 Å². The SMILES string of the molecule is Cc1cccnc1N1C(=O)[C@@H](CC(C)C)N(C)C1=O. The maximum absolute atomic E-state index is 12.4. The number of aromatic nitrogens is 1. The van der Waals surface area contributed by atoms with E-state index in [1.807, 2.05) is 26.8 Å². The van der Waals surface area contributed by atoms with E-state index in [4.69, 9.17) is 0 Å². The van der Waals surface area contributed by atoms with Crippen molar-refractivity contribution in [3.8, 4) is 0 Å². The van der Waals surface area contributed by atoms with Crippen LogP contribution in [0.3, 0.4) is 0 Å². The van der Waals surface area contributed by atoms with Gasteiger partial charge in [-0.3, -0.25) is 4.79 Å². The number of carbonyl (C=O) groups excluding carboxylic acids is 2. The van der Waals surface area contributed by atoms with E-state index in [2.05, 4.69) is 4.98 Å². The molecular formula is C14H19N3O2. The largest absolute Gasteiger partial charge is 0.333 e. The van der Waals surface area contributed by atoms with Crippen molar-refractivity contribution in [1.82, 2.24) is 9.88 Å². The Balaban J connectivity index is 2.35. The van der Waals surface area contributed by atoms with E-state index in [-0.39, 0.29) is 18.0 Å². The van der Waals surface area contributed by atoms with Crippen molar-refractivity contribution in [3.05, 3.63) is 23.9 Å². The average Bonchev–Trinajstić information content (AvgIpc) is 2.55. The third kappa shape index (κ3) is 2.32. The van der Waals surface area contributed by atoms with Crippen molar-refractivity contribution in [1.29, 1.82) is 0 Å². The summed E-state index contributed by atoms with van der Waals surface area (Å²) in [4.78, 5) is 31.6. The van der Waals surface area contributed by atoms with E-state index in [1.54, 1.807) is 19.3 Å². The Hall–Kier alpha value is -1.91. The van der Waals surface area contributed by atoms with Gasteiger partial charge in [0.25, 0.3) is 5.91 Å². The molecule has 1 fully saturated rings. The predicted molar refractivity (Wildman–Crippen MR) is 72.9 cm³/mol. The topological polar surface area (TPSA) is 53.5 Å². The first-order valence-corrected chi connectivity index (χ1v) is 6.46. The predicted octanol–water partition coefficient (Wildman–Crippen LogP) is 2.20. The number of hydrogen-bond donors (Lipinski definition) is 0. The molecule has 19 heavy (non-hydrogen) atoms. The first kappa shape index (κ1) is 13.5. The Morgan fingerprint density at radius 1 is 1.37 bits per heavy atom. The van der Waals surface area contributed by atoms with Gasteiger partial charge in [-0.1, -0.05) is 19.9 Å². The summed E-state index contributed by atoms with van der Waals surface area (Å²) in [6.07, 6.45) is 2.27. The van der Waals surface area contributed by atoms with Gasteiger partial charge in [0.05, 0.1) is 0 Å². The van der Waals surface area contributed by atoms with E-state index in [0.717, 1.165) is 5.56 Å². The summed E-state index contributed by atoms with van der Waals surface area (Å²) in [7, 11) is 1.67. The van der Waals surface area contributed by atoms with Gasteiger partial charge in [-0.15, -0.1) is 0 Å². The molecule has 0 unspecified atom stereocenters. The molecule has 1 aliphatic rings. The van der Waals surface area contributed by atoms with Crippen LogP contribution in [-0.2, 0) is 4.79 Å². The van der Waals surface area contributed by atoms with Gasteiger partial charge in [0, 0.05) is 13.2 Å². The molecule has 0 radical (unpaired) electrons. The summed E-state index contributed by atoms with van der Waals surface area (Å²) in [5, 5.41) is 0. The normalized spacial score (nSPS) is 19.7. The highest BCUT2D eigenvalue weighted by Crippen LogP contribution is 2.27. The number of amides is 3. The number of imide groups is 1. The number of rotatable bonds is 3. The number of nitrogens with zero attached hydrogens (tertiary/aromatic N) is 3. The van der Waals surface area contributed by atoms with Crippen LogP contribution < -0.4 is 4.90 Å². The molecule has 5 heteroatoms. The molecule has 0 N–H and O–H groups in total. The third-order valence-electron chi connectivity index (χ3n) is 3.35. The molecular weight excluding hydrogens is 242 g/mol. The molecule has 0 aromatic carbocycles. The molecule has 102 valence electrons. The summed E-state index contributed by atoms with van der Waals surface area (Å²) in [6, 6.07) is 2.96. The van der Waals surface area contributed by atoms with Crippen LogP contribution in [0.4, 0.5) is 10.6 Å². The van der Waals surface area contributed by atoms with Gasteiger partial charge in [0.2, 0.25) is 0 Å². The fourth-order valence-electron chi connectivity index (χ4n) is 2.31. The molecule has 3 amide bonds. The number of likely N-dealkylation sites (N-methyl/N-ethyl adjacent to an activating group) is 1. The Morgan fingerprint density at radius 3 is 2.63 bits per heavy atom. The molecule has 1 saturated heterocycles. The Kier molecular flexibility index (Phi) is 3.55. The van der Waals surface area contributed by atoms with Crippen LogP contribution in [0.15, 0.2) is 18.3 Å². The molecule has 0 bridgehead atoms. The van der Waals surface area contributed by atoms with E-state index in [9.17, 15) is 9.59 Å². The van der Waals surface area contributed by atoms with Crippen LogP contribution in [0, 0.1) is 12.8 Å². The van der Waals surface area contributed by atoms with Gasteiger partial charge in [-0.25, -0.2) is 14.7 Å². The van der Waals surface area contributed by atoms with Gasteiger partial charge in [0.1, 0.15) is 11.9 Å². The van der Waals surface area contributed by atoms with Gasteiger partial charge in [-0.05, 0) is 30.9 Å². The lowest BCUT2D eigenvalue weighted by Crippen LogP contribution is -2.33. The zero-order valence-corrected chi connectivity index (χ0v) is 11.8. The second kappa shape index (κ2) is 4.99. The molecule has 0 aliphatic carbocycles. The molecule has 0 spiro atoms. The van der Waals surface area contributed by atoms with Gasteiger partial charge in [-0.2, -0.15) is 0 Å². The lowest BCUT2D eigenvalue weighted by Gasteiger charge is -2.17. The minimum atomic E-state index is -0.381. The molecule has 1 atom stereocenters. The molecule has 2 heterocycles. The van der Waals surface area contributed by atoms with Crippen molar-refractivity contribution >= 4 is 17.8 Å². The van der Waals surface area contributed by atoms with Crippen LogP contribution in [0.5, 0.6) is 0 Å². The summed E-state index contributed by atoms with van der Waals surface area (Å²) in [5.41, 5.74) is 0.822. The fraction of sp³-hybridized carbons (Fsp3) is 0.500. The Morgan fingerprint density at radius 2 is 2.05 bits per heavy atom. The Bertz CT molecular complexity index is 513. The highest BCUT2D eigenvalue weighted by molar-refractivity contribution is 6.21. The van der Waals surface area contributed by atoms with Gasteiger partial charge < -0.3 is 4.90 Å². The van der Waals surface area contributed by atoms with Crippen LogP contribution in [-0.4, -0.2) is 34.9 Å². The zero-order valence-electron chi connectivity index (χ0n) is 11.8. The number of anilines is 1. The first-order chi connectivity index (χ1) is 8.93. The minimum Gasteiger partial charge on any atom is -0.315 e. The van der Waals surface area contributed by atoms with Crippen LogP contribution in [0.25, 0.3) is 0 Å². The molecule has 0 saturated carbocycles. The van der Waals surface area contributed by atoms with E-state index >= 15 is 0 Å². The first-order valence-electron chi connectivity index (χ1n) is 6.46. The summed E-state index contributed by atoms with van der Waals surface area (Å²) in [6.45, 7) is 5.93. The number of carbonyl (C=O) groups is 2. The number of pyridine rings is 1. The van der Waals surface area contributed by atoms with Crippen molar-refractivity contribution in [2.24, 2.45) is 5.92 Å². The van der Waals surface area contributed by atoms with E-state index in [0.29, 0.717) is 18.2 Å². The molecule has 2 rings (SSSR count). The highest BCUT2D eigenvalue weighted by atomic mass is 16.2. The lowest BCUT2D eigenvalue weighted by molar-refractivity contribution is -0.119. The van der Waals surface area contributed by atoms with Gasteiger partial charge in [0.15, 0.2) is 0 Å². The summed E-state index contributed by atoms with van der Waals surface area (Å²) >= 11 is 0. The smallest absolute Gasteiger partial charge is 0.315 e. The zero-order chi connectivity index (χ0) is 14.2. The second-order valence-electron chi connectivity index (χ2n) is 5.36. The molecule has 1 aromatic heterocycles. The molecule has 1 aliphatic heterocycles. The van der Waals surface area contributed by atoms with Crippen molar-refractivity contribution in [2.45, 2.75) is 33.2 Å². The van der Waals surface area contributed by atoms with Crippen molar-refractivity contribution < 1.29 is 9.59 Å². The molecule has 1 aromatic rings. The second-order valence-corrected chi connectivity index (χ2v) is 5.36. The number of hydrogen-bond acceptors (Lipinski definition) is 3. The lowest BCUT2D eigenvalue weighted by atomic mass is 10.0. The van der Waals surface area contributed by atoms with E-state index in [1.165, 1.54) is 9.80 Å². The van der Waals surface area contributed by atoms with Crippen LogP contribution >= 0.6 is 0 Å². The average molecular weight is 261 g/mol. The minimum absolute atomic E-state index is 0.178. The standard InChI is InChI=1S/C14H19N3O2/c1-9(2)8-11-13(18)17(14(19)16(11)4)12-10(3)6-5-7-15-12/h5-7,9,11H,8H2,1-4H3/t11-/m1/s1. The summed E-state index contributed by atoms with van der Waals surface area (Å²) in [5.74, 6) is 0.618. The third-order valence-corrected chi connectivity index (χ3v) is 3.35. The fourth-order valence-corrected chi connectivity index (χ4v) is 2.31.